The van der Waals surface area contributed by atoms with E-state index in [0.717, 1.165) is 0 Å². The Morgan fingerprint density at radius 2 is 0.438 bits per heavy atom. The van der Waals surface area contributed by atoms with Crippen molar-refractivity contribution in [3.8, 4) is 0 Å². The normalized spacial score (nSPS) is 11.1. The summed E-state index contributed by atoms with van der Waals surface area (Å²) in [6.07, 6.45) is 0. The second-order valence-electron chi connectivity index (χ2n) is 1.34. The zero-order valence-electron chi connectivity index (χ0n) is 6.82. The first-order chi connectivity index (χ1) is 6.00. The van der Waals surface area contributed by atoms with Crippen LogP contribution in [0, 0.1) is 0 Å². The van der Waals surface area contributed by atoms with Crippen LogP contribution in [0.4, 0.5) is 0 Å². The Morgan fingerprint density at radius 1 is 0.438 bits per heavy atom. The first-order valence-corrected chi connectivity index (χ1v) is 6.57. The minimum Gasteiger partial charge on any atom is -0.822 e. The molecule has 0 amide bonds. The molecule has 0 aromatic rings. The molecule has 0 aliphatic heterocycles. The van der Waals surface area contributed by atoms with E-state index >= 15 is 0 Å². The molecule has 0 atom stereocenters. The van der Waals surface area contributed by atoms with Crippen LogP contribution in [0.15, 0.2) is 0 Å². The van der Waals surface area contributed by atoms with Gasteiger partial charge in [-0.05, 0) is 0 Å². The molecule has 0 fully saturated rings. The van der Waals surface area contributed by atoms with Gasteiger partial charge in [-0.15, -0.1) is 0 Å². The van der Waals surface area contributed by atoms with Crippen LogP contribution in [0.1, 0.15) is 0 Å². The first-order valence-electron chi connectivity index (χ1n) is 2.19. The van der Waals surface area contributed by atoms with E-state index in [-0.39, 0.29) is 17.4 Å². The molecule has 0 saturated heterocycles. The molecule has 0 saturated carbocycles. The topological polar surface area (TPSA) is 259 Å². The Hall–Kier alpha value is 0.862. The summed E-state index contributed by atoms with van der Waals surface area (Å²) in [4.78, 5) is 76.9. The second-order valence-corrected chi connectivity index (χ2v) is 4.02. The van der Waals surface area contributed by atoms with Gasteiger partial charge in [0.05, 0.1) is 0 Å². The van der Waals surface area contributed by atoms with E-state index in [2.05, 4.69) is 0 Å². The Bertz CT molecular complexity index is 202. The van der Waals surface area contributed by atoms with Crippen LogP contribution in [-0.4, -0.2) is 17.4 Å². The quantitative estimate of drug-likeness (QED) is 0.298. The van der Waals surface area contributed by atoms with E-state index < -0.39 is 23.5 Å². The van der Waals surface area contributed by atoms with Gasteiger partial charge in [0.1, 0.15) is 0 Å². The number of hydrogen-bond donors (Lipinski definition) is 0. The van der Waals surface area contributed by atoms with Crippen molar-refractivity contribution in [2.24, 2.45) is 0 Å². The molecule has 0 spiro atoms. The van der Waals surface area contributed by atoms with Crippen LogP contribution in [-0.2, 0) is 13.7 Å². The average Bonchev–Trinajstić information content (AvgIpc) is 1.41. The average molecular weight is 312 g/mol. The Morgan fingerprint density at radius 3 is 0.438 bits per heavy atom. The summed E-state index contributed by atoms with van der Waals surface area (Å²) in [5, 5.41) is 0. The van der Waals surface area contributed by atoms with Crippen molar-refractivity contribution in [3.05, 3.63) is 0 Å². The minimum atomic E-state index is -5.39. The van der Waals surface area contributed by atoms with Gasteiger partial charge in [-0.2, -0.15) is 23.5 Å². The van der Waals surface area contributed by atoms with E-state index in [4.69, 9.17) is 57.7 Å². The zero-order chi connectivity index (χ0) is 13.5. The first kappa shape index (κ1) is 25.6. The fraction of sp³-hybridized carbons (Fsp3) is 0. The molecule has 0 rings (SSSR count). The van der Waals surface area contributed by atoms with E-state index in [1.54, 1.807) is 0 Å². The van der Waals surface area contributed by atoms with Crippen LogP contribution in [0.5, 0.6) is 0 Å². The standard InChI is InChI=1S/Al.3H3O4P/c;3*1-5(2,3)4/h;3*(H3,1,2,3,4)/q+3;;;/p-9. The van der Waals surface area contributed by atoms with E-state index in [1.807, 2.05) is 0 Å². The molecule has 0 aromatic heterocycles. The van der Waals surface area contributed by atoms with Crippen molar-refractivity contribution in [1.29, 1.82) is 0 Å². The van der Waals surface area contributed by atoms with Gasteiger partial charge in [-0.25, -0.2) is 0 Å². The van der Waals surface area contributed by atoms with Gasteiger partial charge in [0.15, 0.2) is 0 Å². The molecule has 0 aromatic carbocycles. The van der Waals surface area contributed by atoms with Gasteiger partial charge in [0.2, 0.25) is 0 Å². The van der Waals surface area contributed by atoms with Crippen molar-refractivity contribution in [2.45, 2.75) is 0 Å². The number of phosphoric acid groups is 3. The van der Waals surface area contributed by atoms with E-state index in [9.17, 15) is 0 Å². The molecule has 16 heteroatoms. The largest absolute Gasteiger partial charge is 3.00 e. The van der Waals surface area contributed by atoms with Crippen molar-refractivity contribution in [2.75, 3.05) is 0 Å². The second kappa shape index (κ2) is 9.85. The Balaban J connectivity index is -0.0000000655. The predicted octanol–water partition coefficient (Wildman–Crippen LogP) is -8.85. The summed E-state index contributed by atoms with van der Waals surface area (Å²) < 4.78 is 25.6. The summed E-state index contributed by atoms with van der Waals surface area (Å²) in [7, 11) is -16.2. The zero-order valence-corrected chi connectivity index (χ0v) is 10.7. The monoisotopic (exact) mass is 312 g/mol. The Kier molecular flexibility index (Phi) is 15.8. The fourth-order valence-corrected chi connectivity index (χ4v) is 0. The summed E-state index contributed by atoms with van der Waals surface area (Å²) in [6.45, 7) is 0. The smallest absolute Gasteiger partial charge is 0.822 e. The molecule has 0 unspecified atom stereocenters. The number of hydrogen-bond acceptors (Lipinski definition) is 12. The third-order valence-electron chi connectivity index (χ3n) is 0. The third-order valence-corrected chi connectivity index (χ3v) is 0. The van der Waals surface area contributed by atoms with Gasteiger partial charge in [0, 0.05) is 0 Å². The molecule has 0 aliphatic carbocycles. The van der Waals surface area contributed by atoms with Gasteiger partial charge in [0.25, 0.3) is 0 Å². The van der Waals surface area contributed by atoms with Crippen LogP contribution in [0.2, 0.25) is 0 Å². The van der Waals surface area contributed by atoms with Crippen molar-refractivity contribution in [1.82, 2.24) is 0 Å². The molecule has 12 nitrogen and oxygen atoms in total. The molecule has 0 aliphatic rings. The van der Waals surface area contributed by atoms with Crippen LogP contribution in [0.3, 0.4) is 0 Å². The van der Waals surface area contributed by atoms with Gasteiger partial charge in [-0.3, -0.25) is 0 Å². The molecule has 96 valence electrons. The predicted molar refractivity (Wildman–Crippen MR) is 28.6 cm³/mol. The summed E-state index contributed by atoms with van der Waals surface area (Å²) in [5.74, 6) is 0. The molecule has 16 heavy (non-hydrogen) atoms. The maximum absolute atomic E-state index is 8.55. The van der Waals surface area contributed by atoms with Crippen molar-refractivity contribution < 1.29 is 57.7 Å². The van der Waals surface area contributed by atoms with Crippen molar-refractivity contribution in [3.63, 3.8) is 0 Å². The summed E-state index contributed by atoms with van der Waals surface area (Å²) in [5.41, 5.74) is 0. The van der Waals surface area contributed by atoms with Crippen molar-refractivity contribution >= 4 is 40.8 Å². The van der Waals surface area contributed by atoms with E-state index in [1.165, 1.54) is 0 Å². The van der Waals surface area contributed by atoms with Crippen LogP contribution < -0.4 is 44.0 Å². The molecular formula is AlO12P3-6. The number of rotatable bonds is 0. The molecule has 0 heterocycles. The van der Waals surface area contributed by atoms with Gasteiger partial charge >= 0.3 is 17.4 Å². The van der Waals surface area contributed by atoms with Crippen LogP contribution in [0.25, 0.3) is 0 Å². The molecular weight excluding hydrogens is 312 g/mol. The maximum Gasteiger partial charge on any atom is 3.00 e. The van der Waals surface area contributed by atoms with Gasteiger partial charge in [-0.1, -0.05) is 0 Å². The molecule has 0 radical (unpaired) electrons. The summed E-state index contributed by atoms with van der Waals surface area (Å²) in [6, 6.07) is 0. The van der Waals surface area contributed by atoms with Gasteiger partial charge < -0.3 is 57.7 Å². The molecule has 0 bridgehead atoms. The molecule has 0 N–H and O–H groups in total. The van der Waals surface area contributed by atoms with E-state index in [0.29, 0.717) is 0 Å². The Labute approximate surface area is 99.1 Å². The van der Waals surface area contributed by atoms with Crippen LogP contribution >= 0.6 is 23.5 Å². The maximum atomic E-state index is 8.55. The summed E-state index contributed by atoms with van der Waals surface area (Å²) >= 11 is 0. The fourth-order valence-electron chi connectivity index (χ4n) is 0. The third kappa shape index (κ3) is 3840. The SMILES string of the molecule is O=P([O-])([O-])[O-].O=P([O-])([O-])[O-].O=P([O-])([O-])[O-].[Al+3]. The minimum absolute atomic E-state index is 0.